The molecule has 0 spiro atoms. The quantitative estimate of drug-likeness (QED) is 0.302. The van der Waals surface area contributed by atoms with E-state index in [1.807, 2.05) is 0 Å². The minimum Gasteiger partial charge on any atom is -0.461 e. The van der Waals surface area contributed by atoms with Crippen LogP contribution in [0.25, 0.3) is 0 Å². The number of carbonyl (C=O) groups excluding carboxylic acids is 1. The highest BCUT2D eigenvalue weighted by molar-refractivity contribution is 14.1. The smallest absolute Gasteiger partial charge is 0.461 e. The Labute approximate surface area is 128 Å². The molecule has 0 saturated carbocycles. The van der Waals surface area contributed by atoms with Crippen LogP contribution in [0, 0.1) is 3.70 Å². The molecule has 0 aliphatic carbocycles. The molecule has 1 aromatic rings. The van der Waals surface area contributed by atoms with Crippen molar-refractivity contribution in [1.29, 1.82) is 0 Å². The van der Waals surface area contributed by atoms with Crippen molar-refractivity contribution in [2.45, 2.75) is 18.6 Å². The number of rotatable bonds is 4. The summed E-state index contributed by atoms with van der Waals surface area (Å²) in [5, 5.41) is 0.118. The highest BCUT2D eigenvalue weighted by Crippen LogP contribution is 2.31. The van der Waals surface area contributed by atoms with Crippen LogP contribution >= 0.6 is 38.5 Å². The molecule has 106 valence electrons. The summed E-state index contributed by atoms with van der Waals surface area (Å²) in [5.41, 5.74) is -0.0128. The van der Waals surface area contributed by atoms with Crippen molar-refractivity contribution in [1.82, 2.24) is 4.98 Å². The van der Waals surface area contributed by atoms with Gasteiger partial charge in [-0.3, -0.25) is 0 Å². The van der Waals surface area contributed by atoms with Gasteiger partial charge >= 0.3 is 12.3 Å². The molecule has 0 atom stereocenters. The van der Waals surface area contributed by atoms with E-state index in [4.69, 9.17) is 0 Å². The maximum absolute atomic E-state index is 12.3. The zero-order chi connectivity index (χ0) is 14.6. The van der Waals surface area contributed by atoms with Crippen LogP contribution in [0.4, 0.5) is 13.2 Å². The van der Waals surface area contributed by atoms with Gasteiger partial charge in [-0.15, -0.1) is 13.2 Å². The summed E-state index contributed by atoms with van der Waals surface area (Å²) in [5.74, 6) is -1.26. The third-order valence-electron chi connectivity index (χ3n) is 1.88. The Morgan fingerprint density at radius 3 is 2.63 bits per heavy atom. The number of pyridine rings is 1. The van der Waals surface area contributed by atoms with Gasteiger partial charge in [0.2, 0.25) is 0 Å². The number of aromatic nitrogens is 1. The third-order valence-corrected chi connectivity index (χ3v) is 3.33. The van der Waals surface area contributed by atoms with Crippen molar-refractivity contribution >= 4 is 44.5 Å². The fourth-order valence-electron chi connectivity index (χ4n) is 1.16. The average Bonchev–Trinajstić information content (AvgIpc) is 2.26. The van der Waals surface area contributed by atoms with Gasteiger partial charge in [0.1, 0.15) is 9.45 Å². The van der Waals surface area contributed by atoms with Crippen molar-refractivity contribution < 1.29 is 27.4 Å². The standard InChI is InChI=1S/C10H8BrF3INO3/c1-2-18-9(17)6-3-7(19-10(12,13)14)5(4-11)8(15)16-6/h3H,2,4H2,1H3. The molecular weight excluding hydrogens is 446 g/mol. The van der Waals surface area contributed by atoms with E-state index in [1.165, 1.54) is 0 Å². The maximum Gasteiger partial charge on any atom is 0.573 e. The summed E-state index contributed by atoms with van der Waals surface area (Å²) in [6.45, 7) is 1.69. The predicted molar refractivity (Wildman–Crippen MR) is 72.2 cm³/mol. The van der Waals surface area contributed by atoms with E-state index in [1.54, 1.807) is 29.5 Å². The number of carbonyl (C=O) groups is 1. The molecule has 0 fully saturated rings. The number of nitrogens with zero attached hydrogens (tertiary/aromatic N) is 1. The lowest BCUT2D eigenvalue weighted by molar-refractivity contribution is -0.274. The molecule has 0 aliphatic heterocycles. The van der Waals surface area contributed by atoms with Gasteiger partial charge in [0.15, 0.2) is 5.69 Å². The Kier molecular flexibility index (Phi) is 5.83. The summed E-state index contributed by atoms with van der Waals surface area (Å²) in [6.07, 6.45) is -4.84. The zero-order valence-corrected chi connectivity index (χ0v) is 13.3. The molecule has 0 radical (unpaired) electrons. The van der Waals surface area contributed by atoms with Crippen LogP contribution in [0.1, 0.15) is 23.0 Å². The van der Waals surface area contributed by atoms with Crippen molar-refractivity contribution in [3.05, 3.63) is 21.0 Å². The number of alkyl halides is 4. The molecule has 1 heterocycles. The van der Waals surface area contributed by atoms with E-state index in [9.17, 15) is 18.0 Å². The Morgan fingerprint density at radius 2 is 2.16 bits per heavy atom. The lowest BCUT2D eigenvalue weighted by Crippen LogP contribution is -2.19. The first-order valence-electron chi connectivity index (χ1n) is 4.96. The van der Waals surface area contributed by atoms with Crippen LogP contribution in [-0.2, 0) is 10.1 Å². The molecule has 1 aromatic heterocycles. The van der Waals surface area contributed by atoms with Gasteiger partial charge in [0.25, 0.3) is 0 Å². The van der Waals surface area contributed by atoms with E-state index in [-0.39, 0.29) is 26.9 Å². The lowest BCUT2D eigenvalue weighted by Gasteiger charge is -2.14. The van der Waals surface area contributed by atoms with Gasteiger partial charge in [0, 0.05) is 17.0 Å². The Bertz CT molecular complexity index is 482. The van der Waals surface area contributed by atoms with E-state index >= 15 is 0 Å². The van der Waals surface area contributed by atoms with E-state index < -0.39 is 18.1 Å². The maximum atomic E-state index is 12.3. The Hall–Kier alpha value is -0.580. The third kappa shape index (κ3) is 4.79. The SMILES string of the molecule is CCOC(=O)c1cc(OC(F)(F)F)c(CBr)c(I)n1. The van der Waals surface area contributed by atoms with Crippen molar-refractivity contribution in [3.8, 4) is 5.75 Å². The summed E-state index contributed by atoms with van der Waals surface area (Å²) in [4.78, 5) is 15.4. The molecule has 0 N–H and O–H groups in total. The summed E-state index contributed by atoms with van der Waals surface area (Å²) < 4.78 is 45.7. The minimum atomic E-state index is -4.84. The fraction of sp³-hybridized carbons (Fsp3) is 0.400. The van der Waals surface area contributed by atoms with Gasteiger partial charge in [-0.1, -0.05) is 15.9 Å². The molecule has 0 aromatic carbocycles. The second-order valence-corrected chi connectivity index (χ2v) is 4.76. The van der Waals surface area contributed by atoms with Crippen LogP contribution in [-0.4, -0.2) is 23.9 Å². The monoisotopic (exact) mass is 453 g/mol. The Balaban J connectivity index is 3.22. The van der Waals surface area contributed by atoms with Crippen LogP contribution in [0.3, 0.4) is 0 Å². The number of hydrogen-bond donors (Lipinski definition) is 0. The van der Waals surface area contributed by atoms with Crippen LogP contribution in [0.5, 0.6) is 5.75 Å². The molecule has 0 bridgehead atoms. The second kappa shape index (κ2) is 6.73. The lowest BCUT2D eigenvalue weighted by atomic mass is 10.2. The first kappa shape index (κ1) is 16.5. The zero-order valence-electron chi connectivity index (χ0n) is 9.55. The van der Waals surface area contributed by atoms with E-state index in [0.29, 0.717) is 0 Å². The molecular formula is C10H8BrF3INO3. The molecule has 0 amide bonds. The highest BCUT2D eigenvalue weighted by Gasteiger charge is 2.33. The molecule has 0 unspecified atom stereocenters. The summed E-state index contributed by atoms with van der Waals surface area (Å²) >= 11 is 4.78. The van der Waals surface area contributed by atoms with Gasteiger partial charge in [-0.05, 0) is 29.5 Å². The topological polar surface area (TPSA) is 48.4 Å². The van der Waals surface area contributed by atoms with Gasteiger partial charge < -0.3 is 9.47 Å². The van der Waals surface area contributed by atoms with E-state index in [2.05, 4.69) is 30.4 Å². The molecule has 1 rings (SSSR count). The molecule has 0 aliphatic rings. The molecule has 0 saturated heterocycles. The number of hydrogen-bond acceptors (Lipinski definition) is 4. The number of ether oxygens (including phenoxy) is 2. The number of esters is 1. The summed E-state index contributed by atoms with van der Waals surface area (Å²) in [6, 6.07) is 0.921. The van der Waals surface area contributed by atoms with Crippen molar-refractivity contribution in [2.75, 3.05) is 6.61 Å². The largest absolute Gasteiger partial charge is 0.573 e. The van der Waals surface area contributed by atoms with Crippen molar-refractivity contribution in [3.63, 3.8) is 0 Å². The normalized spacial score (nSPS) is 11.3. The van der Waals surface area contributed by atoms with Crippen LogP contribution in [0.2, 0.25) is 0 Å². The van der Waals surface area contributed by atoms with Gasteiger partial charge in [-0.25, -0.2) is 9.78 Å². The van der Waals surface area contributed by atoms with Gasteiger partial charge in [-0.2, -0.15) is 0 Å². The highest BCUT2D eigenvalue weighted by atomic mass is 127. The van der Waals surface area contributed by atoms with E-state index in [0.717, 1.165) is 6.07 Å². The van der Waals surface area contributed by atoms with Crippen LogP contribution < -0.4 is 4.74 Å². The van der Waals surface area contributed by atoms with Crippen LogP contribution in [0.15, 0.2) is 6.07 Å². The molecule has 4 nitrogen and oxygen atoms in total. The second-order valence-electron chi connectivity index (χ2n) is 3.18. The fourth-order valence-corrected chi connectivity index (χ4v) is 2.95. The summed E-state index contributed by atoms with van der Waals surface area (Å²) in [7, 11) is 0. The average molecular weight is 454 g/mol. The molecule has 9 heteroatoms. The predicted octanol–water partition coefficient (Wildman–Crippen LogP) is 3.66. The van der Waals surface area contributed by atoms with Gasteiger partial charge in [0.05, 0.1) is 6.61 Å². The molecule has 19 heavy (non-hydrogen) atoms. The van der Waals surface area contributed by atoms with Crippen molar-refractivity contribution in [2.24, 2.45) is 0 Å². The first-order chi connectivity index (χ1) is 8.78. The number of halogens is 5. The minimum absolute atomic E-state index is 0.104. The Morgan fingerprint density at radius 1 is 1.53 bits per heavy atom. The first-order valence-corrected chi connectivity index (χ1v) is 7.16.